The minimum atomic E-state index is -0.485. The van der Waals surface area contributed by atoms with Gasteiger partial charge in [0.15, 0.2) is 0 Å². The van der Waals surface area contributed by atoms with Gasteiger partial charge in [0.25, 0.3) is 11.2 Å². The van der Waals surface area contributed by atoms with E-state index in [0.717, 1.165) is 0 Å². The van der Waals surface area contributed by atoms with E-state index in [-0.39, 0.29) is 23.7 Å². The molecule has 9 nitrogen and oxygen atoms in total. The summed E-state index contributed by atoms with van der Waals surface area (Å²) in [5, 5.41) is 10.7. The second-order valence-electron chi connectivity index (χ2n) is 6.12. The normalized spacial score (nSPS) is 14.3. The van der Waals surface area contributed by atoms with E-state index >= 15 is 0 Å². The molecule has 136 valence electrons. The highest BCUT2D eigenvalue weighted by atomic mass is 16.6. The Bertz CT molecular complexity index is 869. The Hall–Kier alpha value is -3.23. The van der Waals surface area contributed by atoms with Crippen molar-refractivity contribution in [1.82, 2.24) is 14.5 Å². The van der Waals surface area contributed by atoms with Gasteiger partial charge >= 0.3 is 0 Å². The van der Waals surface area contributed by atoms with Crippen molar-refractivity contribution in [1.29, 1.82) is 0 Å². The Kier molecular flexibility index (Phi) is 4.97. The molecule has 9 heteroatoms. The number of nitro groups is 1. The van der Waals surface area contributed by atoms with E-state index in [0.29, 0.717) is 37.6 Å². The van der Waals surface area contributed by atoms with E-state index in [1.807, 2.05) is 4.90 Å². The van der Waals surface area contributed by atoms with E-state index in [1.165, 1.54) is 16.8 Å². The molecule has 0 N–H and O–H groups in total. The molecule has 1 fully saturated rings. The third kappa shape index (κ3) is 3.71. The van der Waals surface area contributed by atoms with E-state index in [2.05, 4.69) is 4.98 Å². The van der Waals surface area contributed by atoms with E-state index in [9.17, 15) is 19.7 Å². The highest BCUT2D eigenvalue weighted by Crippen LogP contribution is 2.17. The smallest absolute Gasteiger partial charge is 0.287 e. The molecule has 0 aliphatic carbocycles. The van der Waals surface area contributed by atoms with Gasteiger partial charge in [-0.05, 0) is 19.1 Å². The van der Waals surface area contributed by atoms with Gasteiger partial charge in [0, 0.05) is 44.0 Å². The number of nitrogens with zero attached hydrogens (tertiary/aromatic N) is 5. The van der Waals surface area contributed by atoms with Crippen LogP contribution in [0, 0.1) is 17.0 Å². The number of pyridine rings is 2. The molecule has 0 bridgehead atoms. The van der Waals surface area contributed by atoms with Crippen molar-refractivity contribution < 1.29 is 9.72 Å². The molecule has 0 aromatic carbocycles. The van der Waals surface area contributed by atoms with Gasteiger partial charge in [-0.1, -0.05) is 6.07 Å². The molecule has 1 aliphatic heterocycles. The number of carbonyl (C=O) groups is 1. The number of hydrogen-bond acceptors (Lipinski definition) is 6. The highest BCUT2D eigenvalue weighted by Gasteiger charge is 2.22. The van der Waals surface area contributed by atoms with Crippen molar-refractivity contribution in [3.05, 3.63) is 62.7 Å². The topological polar surface area (TPSA) is 102 Å². The summed E-state index contributed by atoms with van der Waals surface area (Å²) in [5.41, 5.74) is 0.398. The quantitative estimate of drug-likeness (QED) is 0.593. The summed E-state index contributed by atoms with van der Waals surface area (Å²) in [6.45, 7) is 3.93. The number of aryl methyl sites for hydroxylation is 1. The van der Waals surface area contributed by atoms with E-state index in [1.54, 1.807) is 36.2 Å². The van der Waals surface area contributed by atoms with E-state index < -0.39 is 4.92 Å². The van der Waals surface area contributed by atoms with Gasteiger partial charge in [0.05, 0.1) is 4.92 Å². The SMILES string of the molecule is Cc1cccn(CC(=O)N2CCN(c3ccc([N+](=O)[O-])cn3)CC2)c1=O. The average Bonchev–Trinajstić information content (AvgIpc) is 2.65. The number of amides is 1. The van der Waals surface area contributed by atoms with Crippen LogP contribution in [0.15, 0.2) is 41.5 Å². The van der Waals surface area contributed by atoms with Crippen LogP contribution in [0.4, 0.5) is 11.5 Å². The molecule has 3 heterocycles. The lowest BCUT2D eigenvalue weighted by Crippen LogP contribution is -2.50. The van der Waals surface area contributed by atoms with Crippen molar-refractivity contribution in [2.24, 2.45) is 0 Å². The fraction of sp³-hybridized carbons (Fsp3) is 0.353. The Morgan fingerprint density at radius 1 is 1.23 bits per heavy atom. The summed E-state index contributed by atoms with van der Waals surface area (Å²) < 4.78 is 1.42. The van der Waals surface area contributed by atoms with Crippen molar-refractivity contribution in [2.75, 3.05) is 31.1 Å². The van der Waals surface area contributed by atoms with Crippen LogP contribution < -0.4 is 10.5 Å². The first-order valence-electron chi connectivity index (χ1n) is 8.25. The summed E-state index contributed by atoms with van der Waals surface area (Å²) in [5.74, 6) is 0.548. The van der Waals surface area contributed by atoms with Gasteiger partial charge in [0.2, 0.25) is 5.91 Å². The van der Waals surface area contributed by atoms with E-state index in [4.69, 9.17) is 0 Å². The standard InChI is InChI=1S/C17H19N5O4/c1-13-3-2-6-21(17(13)24)12-16(23)20-9-7-19(8-10-20)15-5-4-14(11-18-15)22(25)26/h2-6,11H,7-10,12H2,1H3. The van der Waals surface area contributed by atoms with Gasteiger partial charge < -0.3 is 14.4 Å². The summed E-state index contributed by atoms with van der Waals surface area (Å²) in [6, 6.07) is 6.51. The largest absolute Gasteiger partial charge is 0.353 e. The van der Waals surface area contributed by atoms with Crippen LogP contribution >= 0.6 is 0 Å². The molecule has 1 amide bonds. The monoisotopic (exact) mass is 357 g/mol. The van der Waals surface area contributed by atoms with Crippen LogP contribution in [-0.4, -0.2) is 51.5 Å². The fourth-order valence-corrected chi connectivity index (χ4v) is 2.89. The lowest BCUT2D eigenvalue weighted by atomic mass is 10.2. The third-order valence-corrected chi connectivity index (χ3v) is 4.42. The molecule has 0 unspecified atom stereocenters. The van der Waals surface area contributed by atoms with Crippen molar-refractivity contribution in [3.8, 4) is 0 Å². The first kappa shape index (κ1) is 17.6. The summed E-state index contributed by atoms with van der Waals surface area (Å²) in [6.07, 6.45) is 2.85. The average molecular weight is 357 g/mol. The van der Waals surface area contributed by atoms with Crippen LogP contribution in [0.5, 0.6) is 0 Å². The zero-order valence-corrected chi connectivity index (χ0v) is 14.4. The van der Waals surface area contributed by atoms with Gasteiger partial charge in [-0.25, -0.2) is 4.98 Å². The van der Waals surface area contributed by atoms with Crippen LogP contribution in [-0.2, 0) is 11.3 Å². The molecule has 0 atom stereocenters. The maximum Gasteiger partial charge on any atom is 0.287 e. The Balaban J connectivity index is 1.59. The molecule has 1 saturated heterocycles. The molecule has 2 aromatic rings. The Morgan fingerprint density at radius 3 is 2.58 bits per heavy atom. The van der Waals surface area contributed by atoms with Gasteiger partial charge in [0.1, 0.15) is 18.6 Å². The number of piperazine rings is 1. The number of hydrogen-bond donors (Lipinski definition) is 0. The number of anilines is 1. The summed E-state index contributed by atoms with van der Waals surface area (Å²) in [4.78, 5) is 42.5. The van der Waals surface area contributed by atoms with Crippen LogP contribution in [0.2, 0.25) is 0 Å². The maximum absolute atomic E-state index is 12.5. The van der Waals surface area contributed by atoms with Crippen LogP contribution in [0.3, 0.4) is 0 Å². The maximum atomic E-state index is 12.5. The minimum Gasteiger partial charge on any atom is -0.353 e. The zero-order chi connectivity index (χ0) is 18.7. The molecule has 0 saturated carbocycles. The van der Waals surface area contributed by atoms with Gasteiger partial charge in [-0.15, -0.1) is 0 Å². The lowest BCUT2D eigenvalue weighted by molar-refractivity contribution is -0.385. The first-order chi connectivity index (χ1) is 12.5. The number of rotatable bonds is 4. The second-order valence-corrected chi connectivity index (χ2v) is 6.12. The molecular weight excluding hydrogens is 338 g/mol. The van der Waals surface area contributed by atoms with Gasteiger partial charge in [-0.3, -0.25) is 19.7 Å². The first-order valence-corrected chi connectivity index (χ1v) is 8.25. The summed E-state index contributed by atoms with van der Waals surface area (Å²) >= 11 is 0. The lowest BCUT2D eigenvalue weighted by Gasteiger charge is -2.35. The molecule has 2 aromatic heterocycles. The molecular formula is C17H19N5O4. The Labute approximate surface area is 149 Å². The predicted molar refractivity (Wildman–Crippen MR) is 95.1 cm³/mol. The number of aromatic nitrogens is 2. The minimum absolute atomic E-state index is 0.0241. The van der Waals surface area contributed by atoms with Crippen LogP contribution in [0.25, 0.3) is 0 Å². The molecule has 26 heavy (non-hydrogen) atoms. The number of carbonyl (C=O) groups excluding carboxylic acids is 1. The van der Waals surface area contributed by atoms with Crippen molar-refractivity contribution in [2.45, 2.75) is 13.5 Å². The predicted octanol–water partition coefficient (Wildman–Crippen LogP) is 0.809. The van der Waals surface area contributed by atoms with Gasteiger partial charge in [-0.2, -0.15) is 0 Å². The molecule has 0 radical (unpaired) electrons. The van der Waals surface area contributed by atoms with Crippen LogP contribution in [0.1, 0.15) is 5.56 Å². The zero-order valence-electron chi connectivity index (χ0n) is 14.4. The second kappa shape index (κ2) is 7.34. The molecule has 0 spiro atoms. The van der Waals surface area contributed by atoms with Crippen molar-refractivity contribution >= 4 is 17.4 Å². The summed E-state index contributed by atoms with van der Waals surface area (Å²) in [7, 11) is 0. The van der Waals surface area contributed by atoms with Crippen molar-refractivity contribution in [3.63, 3.8) is 0 Å². The third-order valence-electron chi connectivity index (χ3n) is 4.42. The highest BCUT2D eigenvalue weighted by molar-refractivity contribution is 5.76. The fourth-order valence-electron chi connectivity index (χ4n) is 2.89. The Morgan fingerprint density at radius 2 is 1.96 bits per heavy atom. The molecule has 3 rings (SSSR count). The molecule has 1 aliphatic rings.